The number of nitrogen functional groups attached to an aromatic ring is 2. The highest BCUT2D eigenvalue weighted by atomic mass is 28.4. The summed E-state index contributed by atoms with van der Waals surface area (Å²) >= 11 is 0. The van der Waals surface area contributed by atoms with Gasteiger partial charge in [0, 0.05) is 12.8 Å². The SMILES string of the molecule is CCCCCC[Si](CCCCCC)(OC[C@H]1O[C@@H](n2cnc3c(=O)[nH]c(N)nc32)C[C@@H]1O[Si](C)(C)C(C)(C)C(C)C)O[C@H]1C[C@H](n2cnc3c(=O)[nH]c(N)nc32)O[C@@H]1CO[Si](C)(C)C(C)(C)C(C)C. The third kappa shape index (κ3) is 12.2. The van der Waals surface area contributed by atoms with E-state index in [1.165, 1.54) is 0 Å². The second kappa shape index (κ2) is 22.2. The minimum atomic E-state index is -3.13. The normalized spacial score (nSPS) is 22.1. The molecule has 2 aliphatic rings. The first-order valence-corrected chi connectivity index (χ1v) is 33.8. The molecule has 0 amide bonds. The van der Waals surface area contributed by atoms with E-state index < -0.39 is 67.1 Å². The summed E-state index contributed by atoms with van der Waals surface area (Å²) in [4.78, 5) is 48.9. The monoisotopic (exact) mass is 1010 g/mol. The number of H-pyrrole nitrogens is 2. The predicted molar refractivity (Wildman–Crippen MR) is 280 cm³/mol. The quantitative estimate of drug-likeness (QED) is 0.0339. The molecule has 2 aliphatic heterocycles. The summed E-state index contributed by atoms with van der Waals surface area (Å²) in [6.45, 7) is 32.5. The minimum absolute atomic E-state index is 0.00957. The van der Waals surface area contributed by atoms with Crippen LogP contribution in [0.1, 0.15) is 146 Å². The number of hydrogen-bond acceptors (Lipinski definition) is 14. The minimum Gasteiger partial charge on any atom is -0.414 e. The largest absolute Gasteiger partial charge is 0.414 e. The second-order valence-corrected chi connectivity index (χ2v) is 35.0. The van der Waals surface area contributed by atoms with Crippen LogP contribution in [0, 0.1) is 11.8 Å². The van der Waals surface area contributed by atoms with Crippen molar-refractivity contribution < 1.29 is 27.2 Å². The standard InChI is InChI=1S/C48H86N10O8Si3/c1-15-17-19-21-23-69(24-22-20-18-16-2,62-28-36-33(65-68(13,14)48(9,10)32(5)6)25-37(64-36)57-29-51-39-41(57)53-45(49)55-43(39)59)66-34-26-38(58-30-52-40-42(58)54-46(50)56-44(40)60)63-35(34)27-61-67(11,12)47(7,8)31(3)4/h29-38H,15-28H2,1-14H3,(H3,49,53,55,59)(H3,50,54,56,60)/t33-,34-,35+,36+,37+,38+/m0/s1. The molecule has 0 aromatic carbocycles. The second-order valence-electron chi connectivity index (χ2n) is 22.5. The highest BCUT2D eigenvalue weighted by Gasteiger charge is 2.52. The van der Waals surface area contributed by atoms with Crippen molar-refractivity contribution >= 4 is 59.4 Å². The topological polar surface area (TPSA) is 235 Å². The van der Waals surface area contributed by atoms with Crippen LogP contribution in [0.25, 0.3) is 22.3 Å². The molecule has 6 rings (SSSR count). The van der Waals surface area contributed by atoms with Gasteiger partial charge in [-0.05, 0) is 60.2 Å². The number of imidazole rings is 2. The van der Waals surface area contributed by atoms with Gasteiger partial charge in [-0.15, -0.1) is 0 Å². The van der Waals surface area contributed by atoms with Gasteiger partial charge in [-0.3, -0.25) is 28.7 Å². The third-order valence-corrected chi connectivity index (χ3v) is 29.4. The lowest BCUT2D eigenvalue weighted by Crippen LogP contribution is -2.52. The van der Waals surface area contributed by atoms with Crippen molar-refractivity contribution in [2.75, 3.05) is 24.7 Å². The molecule has 388 valence electrons. The fourth-order valence-corrected chi connectivity index (χ4v) is 18.3. The van der Waals surface area contributed by atoms with E-state index in [0.29, 0.717) is 42.6 Å². The first kappa shape index (κ1) is 55.0. The van der Waals surface area contributed by atoms with Crippen LogP contribution in [-0.4, -0.2) is 102 Å². The number of hydrogen-bond donors (Lipinski definition) is 4. The molecule has 4 aromatic rings. The number of ether oxygens (including phenoxy) is 2. The van der Waals surface area contributed by atoms with Gasteiger partial charge in [-0.1, -0.05) is 121 Å². The molecular weight excluding hydrogens is 929 g/mol. The van der Waals surface area contributed by atoms with E-state index in [2.05, 4.69) is 125 Å². The molecule has 0 bridgehead atoms. The van der Waals surface area contributed by atoms with Crippen molar-refractivity contribution in [1.82, 2.24) is 39.0 Å². The molecule has 18 nitrogen and oxygen atoms in total. The van der Waals surface area contributed by atoms with E-state index in [1.807, 2.05) is 0 Å². The van der Waals surface area contributed by atoms with Crippen LogP contribution < -0.4 is 22.6 Å². The number of aromatic amines is 2. The van der Waals surface area contributed by atoms with Crippen LogP contribution in [0.5, 0.6) is 0 Å². The van der Waals surface area contributed by atoms with Crippen molar-refractivity contribution in [3.63, 3.8) is 0 Å². The van der Waals surface area contributed by atoms with Crippen LogP contribution in [0.3, 0.4) is 0 Å². The van der Waals surface area contributed by atoms with E-state index in [-0.39, 0.29) is 45.7 Å². The fraction of sp³-hybridized carbons (Fsp3) is 0.792. The van der Waals surface area contributed by atoms with Crippen molar-refractivity contribution in [3.8, 4) is 0 Å². The highest BCUT2D eigenvalue weighted by Crippen LogP contribution is 2.48. The summed E-state index contributed by atoms with van der Waals surface area (Å²) in [5.41, 5.74) is 12.4. The molecule has 2 saturated heterocycles. The lowest BCUT2D eigenvalue weighted by atomic mass is 9.99. The van der Waals surface area contributed by atoms with Crippen LogP contribution in [0.4, 0.5) is 11.9 Å². The Bertz CT molecular complexity index is 2420. The Labute approximate surface area is 412 Å². The van der Waals surface area contributed by atoms with E-state index in [4.69, 9.17) is 38.6 Å². The molecule has 0 spiro atoms. The molecule has 0 aliphatic carbocycles. The van der Waals surface area contributed by atoms with E-state index in [1.54, 1.807) is 21.8 Å². The summed E-state index contributed by atoms with van der Waals surface area (Å²) in [6.07, 6.45) is 9.97. The van der Waals surface area contributed by atoms with Gasteiger partial charge >= 0.3 is 8.56 Å². The van der Waals surface area contributed by atoms with Crippen LogP contribution in [0.2, 0.25) is 48.4 Å². The Morgan fingerprint density at radius 3 is 1.52 bits per heavy atom. The zero-order valence-corrected chi connectivity index (χ0v) is 47.3. The van der Waals surface area contributed by atoms with Gasteiger partial charge in [0.1, 0.15) is 24.7 Å². The zero-order valence-electron chi connectivity index (χ0n) is 44.3. The Kier molecular flexibility index (Phi) is 17.7. The molecule has 6 N–H and O–H groups in total. The number of nitrogens with zero attached hydrogens (tertiary/aromatic N) is 6. The Morgan fingerprint density at radius 1 is 0.667 bits per heavy atom. The van der Waals surface area contributed by atoms with Gasteiger partial charge in [0.2, 0.25) is 11.9 Å². The molecule has 0 saturated carbocycles. The van der Waals surface area contributed by atoms with Crippen LogP contribution in [0.15, 0.2) is 22.2 Å². The van der Waals surface area contributed by atoms with Crippen molar-refractivity contribution in [2.45, 2.75) is 219 Å². The van der Waals surface area contributed by atoms with Crippen LogP contribution >= 0.6 is 0 Å². The summed E-state index contributed by atoms with van der Waals surface area (Å²) in [6, 6.07) is 1.60. The van der Waals surface area contributed by atoms with Gasteiger partial charge in [-0.25, -0.2) is 9.97 Å². The first-order valence-electron chi connectivity index (χ1n) is 25.8. The Morgan fingerprint density at radius 2 is 1.09 bits per heavy atom. The Hall–Kier alpha value is -3.29. The average Bonchev–Trinajstić information content (AvgIpc) is 4.07. The highest BCUT2D eigenvalue weighted by molar-refractivity contribution is 6.74. The molecule has 0 radical (unpaired) electrons. The van der Waals surface area contributed by atoms with E-state index >= 15 is 0 Å². The maximum atomic E-state index is 12.9. The number of fused-ring (bicyclic) bond motifs is 2. The van der Waals surface area contributed by atoms with Gasteiger partial charge in [0.05, 0.1) is 38.1 Å². The lowest BCUT2D eigenvalue weighted by molar-refractivity contribution is -0.0558. The summed E-state index contributed by atoms with van der Waals surface area (Å²) in [5.74, 6) is 0.819. The van der Waals surface area contributed by atoms with Gasteiger partial charge in [0.25, 0.3) is 11.1 Å². The van der Waals surface area contributed by atoms with Gasteiger partial charge in [0.15, 0.2) is 39.0 Å². The molecule has 69 heavy (non-hydrogen) atoms. The maximum absolute atomic E-state index is 12.9. The molecule has 6 heterocycles. The van der Waals surface area contributed by atoms with Crippen molar-refractivity contribution in [2.24, 2.45) is 11.8 Å². The molecular formula is C48H86N10O8Si3. The summed E-state index contributed by atoms with van der Waals surface area (Å²) in [7, 11) is -7.84. The Balaban J connectivity index is 1.39. The van der Waals surface area contributed by atoms with Crippen molar-refractivity contribution in [1.29, 1.82) is 0 Å². The number of nitrogens with one attached hydrogen (secondary N) is 2. The zero-order chi connectivity index (χ0) is 50.7. The fourth-order valence-electron chi connectivity index (χ4n) is 9.57. The predicted octanol–water partition coefficient (Wildman–Crippen LogP) is 9.68. The summed E-state index contributed by atoms with van der Waals surface area (Å²) < 4.78 is 47.3. The van der Waals surface area contributed by atoms with E-state index in [0.717, 1.165) is 63.5 Å². The lowest BCUT2D eigenvalue weighted by Gasteiger charge is -2.44. The summed E-state index contributed by atoms with van der Waals surface area (Å²) in [5, 5.41) is -0.0829. The molecule has 0 unspecified atom stereocenters. The van der Waals surface area contributed by atoms with Crippen molar-refractivity contribution in [3.05, 3.63) is 33.4 Å². The van der Waals surface area contributed by atoms with E-state index in [9.17, 15) is 9.59 Å². The maximum Gasteiger partial charge on any atom is 0.338 e. The van der Waals surface area contributed by atoms with Crippen LogP contribution in [-0.2, 0) is 27.2 Å². The molecule has 2 fully saturated rings. The number of aromatic nitrogens is 8. The number of rotatable bonds is 26. The first-order chi connectivity index (χ1) is 32.4. The third-order valence-electron chi connectivity index (χ3n) is 16.6. The number of unbranched alkanes of at least 4 members (excludes halogenated alkanes) is 6. The van der Waals surface area contributed by atoms with Gasteiger partial charge in [-0.2, -0.15) is 9.97 Å². The average molecular weight is 1020 g/mol. The van der Waals surface area contributed by atoms with Gasteiger partial charge < -0.3 is 38.6 Å². The smallest absolute Gasteiger partial charge is 0.338 e. The number of nitrogens with two attached hydrogens (primary N) is 2. The number of anilines is 2. The molecule has 21 heteroatoms. The molecule has 4 aromatic heterocycles. The molecule has 6 atom stereocenters.